The summed E-state index contributed by atoms with van der Waals surface area (Å²) in [7, 11) is 0. The zero-order valence-corrected chi connectivity index (χ0v) is 9.90. The largest absolute Gasteiger partial charge is 0.462 e. The molecule has 0 aliphatic carbocycles. The van der Waals surface area contributed by atoms with E-state index in [0.29, 0.717) is 17.9 Å². The molecule has 1 aromatic heterocycles. The van der Waals surface area contributed by atoms with Gasteiger partial charge in [0.25, 0.3) is 5.35 Å². The SMILES string of the molecule is CCOC(=O)c1cccc(-c2cnc(Cl)o2)c1. The highest BCUT2D eigenvalue weighted by Crippen LogP contribution is 2.23. The fraction of sp³-hybridized carbons (Fsp3) is 0.167. The maximum atomic E-state index is 11.5. The summed E-state index contributed by atoms with van der Waals surface area (Å²) in [5.74, 6) is 0.154. The van der Waals surface area contributed by atoms with Crippen molar-refractivity contribution < 1.29 is 13.9 Å². The molecule has 0 saturated carbocycles. The van der Waals surface area contributed by atoms with Gasteiger partial charge >= 0.3 is 5.97 Å². The molecule has 0 unspecified atom stereocenters. The maximum absolute atomic E-state index is 11.5. The van der Waals surface area contributed by atoms with E-state index in [-0.39, 0.29) is 11.3 Å². The van der Waals surface area contributed by atoms with Crippen LogP contribution in [0, 0.1) is 0 Å². The van der Waals surface area contributed by atoms with Crippen molar-refractivity contribution in [3.05, 3.63) is 41.4 Å². The van der Waals surface area contributed by atoms with Crippen molar-refractivity contribution in [2.75, 3.05) is 6.61 Å². The number of carbonyl (C=O) groups is 1. The first-order chi connectivity index (χ1) is 8.20. The molecular formula is C12H10ClNO3. The summed E-state index contributed by atoms with van der Waals surface area (Å²) >= 11 is 5.59. The van der Waals surface area contributed by atoms with E-state index in [4.69, 9.17) is 20.8 Å². The van der Waals surface area contributed by atoms with Gasteiger partial charge in [0.1, 0.15) is 0 Å². The van der Waals surface area contributed by atoms with Gasteiger partial charge in [-0.05, 0) is 30.7 Å². The standard InChI is InChI=1S/C12H10ClNO3/c1-2-16-11(15)9-5-3-4-8(6-9)10-7-14-12(13)17-10/h3-7H,2H2,1H3. The van der Waals surface area contributed by atoms with Crippen LogP contribution in [0.5, 0.6) is 0 Å². The zero-order chi connectivity index (χ0) is 12.3. The van der Waals surface area contributed by atoms with Gasteiger partial charge in [0.05, 0.1) is 18.4 Å². The molecule has 0 radical (unpaired) electrons. The van der Waals surface area contributed by atoms with E-state index in [1.165, 1.54) is 6.20 Å². The summed E-state index contributed by atoms with van der Waals surface area (Å²) in [6.45, 7) is 2.11. The summed E-state index contributed by atoms with van der Waals surface area (Å²) in [6, 6.07) is 6.91. The number of rotatable bonds is 3. The Morgan fingerprint density at radius 1 is 1.53 bits per heavy atom. The van der Waals surface area contributed by atoms with E-state index in [2.05, 4.69) is 4.98 Å². The summed E-state index contributed by atoms with van der Waals surface area (Å²) in [5.41, 5.74) is 1.20. The Morgan fingerprint density at radius 3 is 3.00 bits per heavy atom. The first kappa shape index (κ1) is 11.7. The Balaban J connectivity index is 2.31. The van der Waals surface area contributed by atoms with E-state index >= 15 is 0 Å². The van der Waals surface area contributed by atoms with Crippen molar-refractivity contribution >= 4 is 17.6 Å². The van der Waals surface area contributed by atoms with Crippen molar-refractivity contribution in [3.63, 3.8) is 0 Å². The predicted molar refractivity (Wildman–Crippen MR) is 62.9 cm³/mol. The smallest absolute Gasteiger partial charge is 0.338 e. The predicted octanol–water partition coefficient (Wildman–Crippen LogP) is 3.17. The number of carbonyl (C=O) groups excluding carboxylic acids is 1. The number of ether oxygens (including phenoxy) is 1. The normalized spacial score (nSPS) is 10.2. The number of halogens is 1. The summed E-state index contributed by atoms with van der Waals surface area (Å²) in [4.78, 5) is 15.3. The second-order valence-corrected chi connectivity index (χ2v) is 3.60. The quantitative estimate of drug-likeness (QED) is 0.787. The summed E-state index contributed by atoms with van der Waals surface area (Å²) < 4.78 is 10.1. The molecule has 17 heavy (non-hydrogen) atoms. The zero-order valence-electron chi connectivity index (χ0n) is 9.14. The molecule has 0 atom stereocenters. The molecule has 1 aromatic carbocycles. The number of nitrogens with zero attached hydrogens (tertiary/aromatic N) is 1. The number of benzene rings is 1. The fourth-order valence-corrected chi connectivity index (χ4v) is 1.53. The van der Waals surface area contributed by atoms with Crippen LogP contribution in [0.1, 0.15) is 17.3 Å². The van der Waals surface area contributed by atoms with Gasteiger partial charge in [0, 0.05) is 5.56 Å². The molecule has 0 bridgehead atoms. The lowest BCUT2D eigenvalue weighted by atomic mass is 10.1. The molecule has 5 heteroatoms. The van der Waals surface area contributed by atoms with Crippen LogP contribution < -0.4 is 0 Å². The van der Waals surface area contributed by atoms with Crippen LogP contribution in [0.4, 0.5) is 0 Å². The van der Waals surface area contributed by atoms with Crippen LogP contribution in [0.25, 0.3) is 11.3 Å². The van der Waals surface area contributed by atoms with Crippen molar-refractivity contribution in [1.29, 1.82) is 0 Å². The van der Waals surface area contributed by atoms with Gasteiger partial charge in [0.15, 0.2) is 5.76 Å². The van der Waals surface area contributed by atoms with Crippen LogP contribution in [0.2, 0.25) is 5.35 Å². The van der Waals surface area contributed by atoms with Gasteiger partial charge in [0.2, 0.25) is 0 Å². The highest BCUT2D eigenvalue weighted by atomic mass is 35.5. The lowest BCUT2D eigenvalue weighted by molar-refractivity contribution is 0.0526. The molecule has 4 nitrogen and oxygen atoms in total. The van der Waals surface area contributed by atoms with Gasteiger partial charge in [-0.3, -0.25) is 0 Å². The van der Waals surface area contributed by atoms with Crippen molar-refractivity contribution in [3.8, 4) is 11.3 Å². The van der Waals surface area contributed by atoms with E-state index in [1.54, 1.807) is 31.2 Å². The average Bonchev–Trinajstić information content (AvgIpc) is 2.76. The Labute approximate surface area is 103 Å². The molecule has 0 aliphatic heterocycles. The van der Waals surface area contributed by atoms with Crippen molar-refractivity contribution in [2.45, 2.75) is 6.92 Å². The van der Waals surface area contributed by atoms with Crippen LogP contribution in [-0.2, 0) is 4.74 Å². The lowest BCUT2D eigenvalue weighted by Crippen LogP contribution is -2.04. The Morgan fingerprint density at radius 2 is 2.35 bits per heavy atom. The van der Waals surface area contributed by atoms with E-state index in [9.17, 15) is 4.79 Å². The third-order valence-electron chi connectivity index (χ3n) is 2.14. The highest BCUT2D eigenvalue weighted by Gasteiger charge is 2.10. The van der Waals surface area contributed by atoms with Gasteiger partial charge < -0.3 is 9.15 Å². The Bertz CT molecular complexity index is 536. The minimum atomic E-state index is -0.361. The molecule has 0 aliphatic rings. The molecular weight excluding hydrogens is 242 g/mol. The average molecular weight is 252 g/mol. The number of esters is 1. The van der Waals surface area contributed by atoms with E-state index in [0.717, 1.165) is 5.56 Å². The van der Waals surface area contributed by atoms with Gasteiger partial charge in [-0.15, -0.1) is 0 Å². The first-order valence-corrected chi connectivity index (χ1v) is 5.47. The maximum Gasteiger partial charge on any atom is 0.338 e. The fourth-order valence-electron chi connectivity index (χ4n) is 1.40. The minimum Gasteiger partial charge on any atom is -0.462 e. The van der Waals surface area contributed by atoms with E-state index < -0.39 is 0 Å². The monoisotopic (exact) mass is 251 g/mol. The van der Waals surface area contributed by atoms with Crippen molar-refractivity contribution in [2.24, 2.45) is 0 Å². The van der Waals surface area contributed by atoms with Gasteiger partial charge in [-0.1, -0.05) is 12.1 Å². The third-order valence-corrected chi connectivity index (χ3v) is 2.31. The third kappa shape index (κ3) is 2.65. The number of aromatic nitrogens is 1. The molecule has 0 saturated heterocycles. The number of hydrogen-bond acceptors (Lipinski definition) is 4. The lowest BCUT2D eigenvalue weighted by Gasteiger charge is -2.02. The first-order valence-electron chi connectivity index (χ1n) is 5.09. The Hall–Kier alpha value is -1.81. The second-order valence-electron chi connectivity index (χ2n) is 3.28. The molecule has 2 aromatic rings. The number of hydrogen-bond donors (Lipinski definition) is 0. The summed E-state index contributed by atoms with van der Waals surface area (Å²) in [6.07, 6.45) is 1.51. The van der Waals surface area contributed by atoms with Crippen LogP contribution in [0.15, 0.2) is 34.9 Å². The minimum absolute atomic E-state index is 0.0709. The molecule has 0 fully saturated rings. The van der Waals surface area contributed by atoms with Crippen LogP contribution in [0.3, 0.4) is 0 Å². The molecule has 0 amide bonds. The van der Waals surface area contributed by atoms with Crippen LogP contribution in [-0.4, -0.2) is 17.6 Å². The summed E-state index contributed by atoms with van der Waals surface area (Å²) in [5, 5.41) is 0.0709. The molecule has 0 spiro atoms. The van der Waals surface area contributed by atoms with E-state index in [1.807, 2.05) is 0 Å². The second kappa shape index (κ2) is 5.01. The highest BCUT2D eigenvalue weighted by molar-refractivity contribution is 6.27. The molecule has 0 N–H and O–H groups in total. The Kier molecular flexibility index (Phi) is 3.44. The molecule has 88 valence electrons. The van der Waals surface area contributed by atoms with Crippen LogP contribution >= 0.6 is 11.6 Å². The van der Waals surface area contributed by atoms with Crippen molar-refractivity contribution in [1.82, 2.24) is 4.98 Å². The molecule has 2 rings (SSSR count). The van der Waals surface area contributed by atoms with Gasteiger partial charge in [-0.25, -0.2) is 9.78 Å². The number of oxazole rings is 1. The topological polar surface area (TPSA) is 52.3 Å². The van der Waals surface area contributed by atoms with Gasteiger partial charge in [-0.2, -0.15) is 0 Å². The molecule has 1 heterocycles.